The lowest BCUT2D eigenvalue weighted by Crippen LogP contribution is -2.03. The van der Waals surface area contributed by atoms with Gasteiger partial charge in [0, 0.05) is 18.4 Å². The molecule has 2 aromatic rings. The Balaban J connectivity index is 2.76. The fraction of sp³-hybridized carbons (Fsp3) is 0.375. The molecule has 0 spiro atoms. The van der Waals surface area contributed by atoms with E-state index in [2.05, 4.69) is 15.1 Å². The second-order valence-electron chi connectivity index (χ2n) is 2.94. The van der Waals surface area contributed by atoms with Crippen molar-refractivity contribution in [2.75, 3.05) is 7.11 Å². The van der Waals surface area contributed by atoms with Gasteiger partial charge in [0.15, 0.2) is 0 Å². The minimum atomic E-state index is 0.472. The molecule has 0 aliphatic heterocycles. The van der Waals surface area contributed by atoms with Crippen LogP contribution >= 0.6 is 12.2 Å². The predicted octanol–water partition coefficient (Wildman–Crippen LogP) is 1.24. The number of H-pyrrole nitrogens is 1. The van der Waals surface area contributed by atoms with Gasteiger partial charge in [0.2, 0.25) is 0 Å². The minimum Gasteiger partial charge on any atom is -0.380 e. The molecule has 74 valence electrons. The molecule has 14 heavy (non-hydrogen) atoms. The number of aromatic nitrogens is 4. The molecule has 0 atom stereocenters. The Bertz CT molecular complexity index is 516. The molecule has 0 aromatic carbocycles. The third-order valence-electron chi connectivity index (χ3n) is 2.02. The van der Waals surface area contributed by atoms with Gasteiger partial charge >= 0.3 is 0 Å². The molecule has 5 nitrogen and oxygen atoms in total. The lowest BCUT2D eigenvalue weighted by molar-refractivity contribution is 0.183. The van der Waals surface area contributed by atoms with Gasteiger partial charge in [-0.05, 0) is 6.92 Å². The van der Waals surface area contributed by atoms with E-state index in [0.717, 1.165) is 11.3 Å². The van der Waals surface area contributed by atoms with Crippen LogP contribution in [0.4, 0.5) is 0 Å². The smallest absolute Gasteiger partial charge is 0.251 e. The van der Waals surface area contributed by atoms with E-state index in [1.807, 2.05) is 6.92 Å². The molecule has 0 radical (unpaired) electrons. The van der Waals surface area contributed by atoms with Crippen molar-refractivity contribution in [2.24, 2.45) is 0 Å². The molecule has 0 saturated heterocycles. The Labute approximate surface area is 85.7 Å². The van der Waals surface area contributed by atoms with Crippen LogP contribution < -0.4 is 0 Å². The number of nitrogens with zero attached hydrogens (tertiary/aromatic N) is 3. The zero-order chi connectivity index (χ0) is 10.1. The van der Waals surface area contributed by atoms with Crippen LogP contribution in [-0.2, 0) is 11.3 Å². The molecule has 0 aliphatic carbocycles. The number of methoxy groups -OCH3 is 1. The number of hydrogen-bond donors (Lipinski definition) is 1. The van der Waals surface area contributed by atoms with Gasteiger partial charge in [0.05, 0.1) is 6.61 Å². The molecular weight excluding hydrogens is 200 g/mol. The number of rotatable bonds is 2. The summed E-state index contributed by atoms with van der Waals surface area (Å²) in [5.41, 5.74) is 1.79. The third kappa shape index (κ3) is 1.32. The van der Waals surface area contributed by atoms with E-state index in [9.17, 15) is 0 Å². The molecule has 0 saturated carbocycles. The highest BCUT2D eigenvalue weighted by Crippen LogP contribution is 2.09. The third-order valence-corrected chi connectivity index (χ3v) is 2.45. The summed E-state index contributed by atoms with van der Waals surface area (Å²) in [6.07, 6.45) is 1.56. The summed E-state index contributed by atoms with van der Waals surface area (Å²) in [6.45, 7) is 2.37. The molecule has 0 bridgehead atoms. The van der Waals surface area contributed by atoms with E-state index in [4.69, 9.17) is 17.0 Å². The van der Waals surface area contributed by atoms with E-state index >= 15 is 0 Å². The number of nitrogens with one attached hydrogen (secondary N) is 1. The van der Waals surface area contributed by atoms with Crippen molar-refractivity contribution in [3.63, 3.8) is 0 Å². The maximum absolute atomic E-state index is 5.27. The Morgan fingerprint density at radius 3 is 3.14 bits per heavy atom. The second-order valence-corrected chi connectivity index (χ2v) is 3.32. The highest BCUT2D eigenvalue weighted by molar-refractivity contribution is 7.71. The summed E-state index contributed by atoms with van der Waals surface area (Å²) in [5, 5.41) is 2.90. The lowest BCUT2D eigenvalue weighted by Gasteiger charge is -2.04. The standard InChI is InChI=1S/C8H10N4OS/c1-5-6(3-13-2)7(14)12-8(11-5)9-4-10-12/h4H,3H2,1-2H3,(H,9,10,11). The molecule has 6 heteroatoms. The lowest BCUT2D eigenvalue weighted by atomic mass is 10.2. The van der Waals surface area contributed by atoms with Crippen molar-refractivity contribution >= 4 is 18.0 Å². The second kappa shape index (κ2) is 3.47. The summed E-state index contributed by atoms with van der Waals surface area (Å²) in [5.74, 6) is 0.590. The van der Waals surface area contributed by atoms with Crippen molar-refractivity contribution < 1.29 is 4.74 Å². The largest absolute Gasteiger partial charge is 0.380 e. The van der Waals surface area contributed by atoms with Crippen molar-refractivity contribution in [3.05, 3.63) is 22.2 Å². The molecule has 2 aromatic heterocycles. The number of hydrogen-bond acceptors (Lipinski definition) is 4. The topological polar surface area (TPSA) is 55.2 Å². The SMILES string of the molecule is COCc1c(C)nc2nc[nH]n2c1=S. The first-order valence-corrected chi connectivity index (χ1v) is 4.55. The summed E-state index contributed by atoms with van der Waals surface area (Å²) in [7, 11) is 1.63. The van der Waals surface area contributed by atoms with Crippen LogP contribution in [0.1, 0.15) is 11.3 Å². The zero-order valence-electron chi connectivity index (χ0n) is 7.94. The van der Waals surface area contributed by atoms with Crippen LogP contribution in [0, 0.1) is 11.6 Å². The molecule has 2 heterocycles. The number of aromatic amines is 1. The van der Waals surface area contributed by atoms with Gasteiger partial charge in [-0.1, -0.05) is 12.2 Å². The molecule has 2 rings (SSSR count). The summed E-state index contributed by atoms with van der Waals surface area (Å²) >= 11 is 5.27. The first-order valence-electron chi connectivity index (χ1n) is 4.14. The monoisotopic (exact) mass is 210 g/mol. The fourth-order valence-electron chi connectivity index (χ4n) is 1.31. The van der Waals surface area contributed by atoms with Gasteiger partial charge in [0.25, 0.3) is 5.78 Å². The summed E-state index contributed by atoms with van der Waals surface area (Å²) in [4.78, 5) is 8.32. The highest BCUT2D eigenvalue weighted by Gasteiger charge is 2.07. The predicted molar refractivity (Wildman–Crippen MR) is 53.6 cm³/mol. The quantitative estimate of drug-likeness (QED) is 0.758. The van der Waals surface area contributed by atoms with Gasteiger partial charge in [-0.3, -0.25) is 5.10 Å². The van der Waals surface area contributed by atoms with Crippen LogP contribution in [-0.4, -0.2) is 26.7 Å². The molecule has 0 aliphatic rings. The normalized spacial score (nSPS) is 11.0. The van der Waals surface area contributed by atoms with Gasteiger partial charge in [0.1, 0.15) is 11.0 Å². The Morgan fingerprint density at radius 1 is 1.64 bits per heavy atom. The maximum Gasteiger partial charge on any atom is 0.251 e. The van der Waals surface area contributed by atoms with Crippen molar-refractivity contribution in [2.45, 2.75) is 13.5 Å². The fourth-order valence-corrected chi connectivity index (χ4v) is 1.65. The highest BCUT2D eigenvalue weighted by atomic mass is 32.1. The summed E-state index contributed by atoms with van der Waals surface area (Å²) in [6, 6.07) is 0. The number of fused-ring (bicyclic) bond motifs is 1. The average molecular weight is 210 g/mol. The van der Waals surface area contributed by atoms with Crippen molar-refractivity contribution in [3.8, 4) is 0 Å². The maximum atomic E-state index is 5.27. The number of aryl methyl sites for hydroxylation is 1. The Kier molecular flexibility index (Phi) is 2.30. The van der Waals surface area contributed by atoms with Gasteiger partial charge in [-0.2, -0.15) is 0 Å². The van der Waals surface area contributed by atoms with Crippen LogP contribution in [0.15, 0.2) is 6.33 Å². The first kappa shape index (κ1) is 9.29. The van der Waals surface area contributed by atoms with Crippen molar-refractivity contribution in [1.29, 1.82) is 0 Å². The minimum absolute atomic E-state index is 0.472. The molecule has 0 amide bonds. The van der Waals surface area contributed by atoms with Gasteiger partial charge < -0.3 is 4.74 Å². The van der Waals surface area contributed by atoms with Gasteiger partial charge in [-0.15, -0.1) is 0 Å². The Morgan fingerprint density at radius 2 is 2.43 bits per heavy atom. The average Bonchev–Trinajstić information content (AvgIpc) is 2.60. The molecule has 0 fully saturated rings. The Hall–Kier alpha value is -1.27. The molecular formula is C8H10N4OS. The van der Waals surface area contributed by atoms with Gasteiger partial charge in [-0.25, -0.2) is 14.5 Å². The van der Waals surface area contributed by atoms with E-state index in [-0.39, 0.29) is 0 Å². The first-order chi connectivity index (χ1) is 6.74. The zero-order valence-corrected chi connectivity index (χ0v) is 8.76. The van der Waals surface area contributed by atoms with Crippen LogP contribution in [0.5, 0.6) is 0 Å². The van der Waals surface area contributed by atoms with Crippen LogP contribution in [0.3, 0.4) is 0 Å². The molecule has 0 unspecified atom stereocenters. The van der Waals surface area contributed by atoms with E-state index in [1.54, 1.807) is 18.0 Å². The van der Waals surface area contributed by atoms with Crippen LogP contribution in [0.2, 0.25) is 0 Å². The van der Waals surface area contributed by atoms with Crippen LogP contribution in [0.25, 0.3) is 5.78 Å². The van der Waals surface area contributed by atoms with E-state index < -0.39 is 0 Å². The number of ether oxygens (including phenoxy) is 1. The van der Waals surface area contributed by atoms with E-state index in [0.29, 0.717) is 17.0 Å². The van der Waals surface area contributed by atoms with E-state index in [1.165, 1.54) is 0 Å². The molecule has 1 N–H and O–H groups in total. The summed E-state index contributed by atoms with van der Waals surface area (Å²) < 4.78 is 7.40. The van der Waals surface area contributed by atoms with Crippen molar-refractivity contribution in [1.82, 2.24) is 19.6 Å².